The first-order chi connectivity index (χ1) is 8.56. The average Bonchev–Trinajstić information content (AvgIpc) is 2.34. The van der Waals surface area contributed by atoms with E-state index in [1.54, 1.807) is 6.92 Å². The molecule has 1 amide bonds. The van der Waals surface area contributed by atoms with E-state index < -0.39 is 0 Å². The highest BCUT2D eigenvalue weighted by Crippen LogP contribution is 2.26. The Labute approximate surface area is 121 Å². The first-order valence-corrected chi connectivity index (χ1v) is 7.20. The predicted molar refractivity (Wildman–Crippen MR) is 78.1 cm³/mol. The van der Waals surface area contributed by atoms with E-state index in [9.17, 15) is 4.79 Å². The number of halogens is 2. The van der Waals surface area contributed by atoms with Gasteiger partial charge in [-0.3, -0.25) is 4.79 Å². The third-order valence-corrected chi connectivity index (χ3v) is 4.44. The van der Waals surface area contributed by atoms with Crippen LogP contribution in [0.25, 0.3) is 0 Å². The van der Waals surface area contributed by atoms with E-state index in [1.165, 1.54) is 0 Å². The van der Waals surface area contributed by atoms with Gasteiger partial charge in [-0.25, -0.2) is 0 Å². The zero-order valence-electron chi connectivity index (χ0n) is 10.2. The molecule has 0 atom stereocenters. The predicted octanol–water partition coefficient (Wildman–Crippen LogP) is 3.53. The fourth-order valence-electron chi connectivity index (χ4n) is 2.16. The van der Waals surface area contributed by atoms with Crippen molar-refractivity contribution < 1.29 is 4.79 Å². The zero-order valence-corrected chi connectivity index (χ0v) is 12.6. The summed E-state index contributed by atoms with van der Waals surface area (Å²) in [5, 5.41) is 4.20. The molecule has 18 heavy (non-hydrogen) atoms. The molecule has 1 fully saturated rings. The number of likely N-dealkylation sites (tertiary alicyclic amines) is 1. The molecule has 1 saturated heterocycles. The molecule has 1 aliphatic rings. The lowest BCUT2D eigenvalue weighted by Gasteiger charge is -2.32. The molecule has 3 nitrogen and oxygen atoms in total. The maximum Gasteiger partial charge on any atom is 0.219 e. The average molecular weight is 332 g/mol. The second-order valence-corrected chi connectivity index (χ2v) is 5.82. The Kier molecular flexibility index (Phi) is 4.51. The summed E-state index contributed by atoms with van der Waals surface area (Å²) in [6.45, 7) is 3.30. The van der Waals surface area contributed by atoms with Gasteiger partial charge in [-0.1, -0.05) is 11.6 Å². The quantitative estimate of drug-likeness (QED) is 0.899. The van der Waals surface area contributed by atoms with Crippen LogP contribution in [0.3, 0.4) is 0 Å². The number of benzene rings is 1. The molecule has 1 N–H and O–H groups in total. The number of piperidine rings is 1. The van der Waals surface area contributed by atoms with E-state index in [4.69, 9.17) is 11.6 Å². The Bertz CT molecular complexity index is 445. The van der Waals surface area contributed by atoms with Gasteiger partial charge in [0.15, 0.2) is 0 Å². The summed E-state index contributed by atoms with van der Waals surface area (Å²) in [7, 11) is 0. The van der Waals surface area contributed by atoms with Crippen LogP contribution >= 0.6 is 27.5 Å². The van der Waals surface area contributed by atoms with Crippen molar-refractivity contribution in [3.63, 3.8) is 0 Å². The molecule has 1 aromatic rings. The summed E-state index contributed by atoms with van der Waals surface area (Å²) < 4.78 is 0.898. The molecule has 1 heterocycles. The van der Waals surface area contributed by atoms with Crippen LogP contribution < -0.4 is 5.32 Å². The summed E-state index contributed by atoms with van der Waals surface area (Å²) in [6.07, 6.45) is 1.97. The lowest BCUT2D eigenvalue weighted by molar-refractivity contribution is -0.129. The highest BCUT2D eigenvalue weighted by molar-refractivity contribution is 9.10. The number of amides is 1. The number of hydrogen-bond acceptors (Lipinski definition) is 2. The highest BCUT2D eigenvalue weighted by Gasteiger charge is 2.20. The van der Waals surface area contributed by atoms with E-state index in [-0.39, 0.29) is 5.91 Å². The van der Waals surface area contributed by atoms with Crippen molar-refractivity contribution in [2.24, 2.45) is 0 Å². The molecule has 0 saturated carbocycles. The summed E-state index contributed by atoms with van der Waals surface area (Å²) in [4.78, 5) is 13.1. The van der Waals surface area contributed by atoms with Gasteiger partial charge in [-0.05, 0) is 47.0 Å². The maximum absolute atomic E-state index is 11.2. The molecule has 0 spiro atoms. The van der Waals surface area contributed by atoms with E-state index in [0.717, 1.165) is 36.1 Å². The van der Waals surface area contributed by atoms with Crippen LogP contribution in [0.5, 0.6) is 0 Å². The Morgan fingerprint density at radius 1 is 1.44 bits per heavy atom. The zero-order chi connectivity index (χ0) is 13.1. The number of anilines is 1. The molecule has 2 rings (SSSR count). The van der Waals surface area contributed by atoms with Gasteiger partial charge in [0.2, 0.25) is 5.91 Å². The van der Waals surface area contributed by atoms with E-state index in [1.807, 2.05) is 23.1 Å². The van der Waals surface area contributed by atoms with Gasteiger partial charge in [0, 0.05) is 36.2 Å². The number of carbonyl (C=O) groups is 1. The monoisotopic (exact) mass is 330 g/mol. The highest BCUT2D eigenvalue weighted by atomic mass is 79.9. The number of nitrogens with one attached hydrogen (secondary N) is 1. The van der Waals surface area contributed by atoms with Gasteiger partial charge in [-0.2, -0.15) is 0 Å². The topological polar surface area (TPSA) is 32.3 Å². The standard InChI is InChI=1S/C13H16BrClN2O/c1-9(18)17-6-4-10(5-7-17)16-11-2-3-13(15)12(14)8-11/h2-3,8,10,16H,4-7H2,1H3. The van der Waals surface area contributed by atoms with Crippen molar-refractivity contribution in [2.75, 3.05) is 18.4 Å². The second kappa shape index (κ2) is 5.93. The Morgan fingerprint density at radius 3 is 2.67 bits per heavy atom. The van der Waals surface area contributed by atoms with Crippen LogP contribution in [0.4, 0.5) is 5.69 Å². The first-order valence-electron chi connectivity index (χ1n) is 6.03. The second-order valence-electron chi connectivity index (χ2n) is 4.55. The number of nitrogens with zero attached hydrogens (tertiary/aromatic N) is 1. The lowest BCUT2D eigenvalue weighted by atomic mass is 10.0. The summed E-state index contributed by atoms with van der Waals surface area (Å²) >= 11 is 9.37. The van der Waals surface area contributed by atoms with Gasteiger partial charge in [0.1, 0.15) is 0 Å². The SMILES string of the molecule is CC(=O)N1CCC(Nc2ccc(Cl)c(Br)c2)CC1. The summed E-state index contributed by atoms with van der Waals surface area (Å²) in [5.41, 5.74) is 1.06. The molecule has 5 heteroatoms. The van der Waals surface area contributed by atoms with Crippen molar-refractivity contribution in [1.29, 1.82) is 0 Å². The van der Waals surface area contributed by atoms with Gasteiger partial charge in [0.25, 0.3) is 0 Å². The van der Waals surface area contributed by atoms with Crippen LogP contribution in [-0.4, -0.2) is 29.9 Å². The Morgan fingerprint density at radius 2 is 2.11 bits per heavy atom. The van der Waals surface area contributed by atoms with Crippen LogP contribution in [-0.2, 0) is 4.79 Å². The molecule has 0 unspecified atom stereocenters. The van der Waals surface area contributed by atoms with Crippen molar-refractivity contribution in [2.45, 2.75) is 25.8 Å². The van der Waals surface area contributed by atoms with Crippen molar-refractivity contribution in [3.05, 3.63) is 27.7 Å². The maximum atomic E-state index is 11.2. The fourth-order valence-corrected chi connectivity index (χ4v) is 2.66. The smallest absolute Gasteiger partial charge is 0.219 e. The van der Waals surface area contributed by atoms with Gasteiger partial charge in [0.05, 0.1) is 5.02 Å². The molecule has 0 aliphatic carbocycles. The normalized spacial score (nSPS) is 16.7. The fraction of sp³-hybridized carbons (Fsp3) is 0.462. The van der Waals surface area contributed by atoms with Crippen LogP contribution in [0.15, 0.2) is 22.7 Å². The minimum absolute atomic E-state index is 0.169. The number of carbonyl (C=O) groups excluding carboxylic acids is 1. The molecular weight excluding hydrogens is 316 g/mol. The summed E-state index contributed by atoms with van der Waals surface area (Å²) in [6, 6.07) is 6.26. The first kappa shape index (κ1) is 13.7. The third-order valence-electron chi connectivity index (χ3n) is 3.23. The molecule has 0 aromatic heterocycles. The molecule has 0 radical (unpaired) electrons. The minimum atomic E-state index is 0.169. The van der Waals surface area contributed by atoms with Gasteiger partial charge in [-0.15, -0.1) is 0 Å². The number of rotatable bonds is 2. The van der Waals surface area contributed by atoms with Gasteiger partial charge >= 0.3 is 0 Å². The van der Waals surface area contributed by atoms with E-state index in [2.05, 4.69) is 21.2 Å². The van der Waals surface area contributed by atoms with E-state index >= 15 is 0 Å². The molecule has 1 aliphatic heterocycles. The molecule has 98 valence electrons. The third kappa shape index (κ3) is 3.39. The van der Waals surface area contributed by atoms with Crippen molar-refractivity contribution in [1.82, 2.24) is 4.90 Å². The van der Waals surface area contributed by atoms with Gasteiger partial charge < -0.3 is 10.2 Å². The molecule has 0 bridgehead atoms. The Hall–Kier alpha value is -0.740. The van der Waals surface area contributed by atoms with Crippen molar-refractivity contribution in [3.8, 4) is 0 Å². The minimum Gasteiger partial charge on any atom is -0.382 e. The lowest BCUT2D eigenvalue weighted by Crippen LogP contribution is -2.41. The summed E-state index contributed by atoms with van der Waals surface area (Å²) in [5.74, 6) is 0.169. The molecular formula is C13H16BrClN2O. The van der Waals surface area contributed by atoms with Crippen LogP contribution in [0.1, 0.15) is 19.8 Å². The van der Waals surface area contributed by atoms with Crippen LogP contribution in [0.2, 0.25) is 5.02 Å². The largest absolute Gasteiger partial charge is 0.382 e. The van der Waals surface area contributed by atoms with E-state index in [0.29, 0.717) is 11.1 Å². The number of hydrogen-bond donors (Lipinski definition) is 1. The van der Waals surface area contributed by atoms with Crippen molar-refractivity contribution >= 4 is 39.1 Å². The van der Waals surface area contributed by atoms with Crippen LogP contribution in [0, 0.1) is 0 Å². The molecule has 1 aromatic carbocycles. The Balaban J connectivity index is 1.91.